The lowest BCUT2D eigenvalue weighted by molar-refractivity contribution is -0.0366. The summed E-state index contributed by atoms with van der Waals surface area (Å²) in [5, 5.41) is 4.77. The summed E-state index contributed by atoms with van der Waals surface area (Å²) in [5.41, 5.74) is 3.37. The summed E-state index contributed by atoms with van der Waals surface area (Å²) >= 11 is 0. The van der Waals surface area contributed by atoms with Gasteiger partial charge in [0.05, 0.1) is 18.2 Å². The van der Waals surface area contributed by atoms with Crippen molar-refractivity contribution in [1.29, 1.82) is 0 Å². The molecule has 0 bridgehead atoms. The van der Waals surface area contributed by atoms with E-state index in [4.69, 9.17) is 9.47 Å². The number of methoxy groups -OCH3 is 1. The molecule has 4 heteroatoms. The van der Waals surface area contributed by atoms with E-state index in [1.54, 1.807) is 7.11 Å². The highest BCUT2D eigenvalue weighted by Crippen LogP contribution is 2.25. The molecule has 0 saturated carbocycles. The number of anilines is 1. The third-order valence-electron chi connectivity index (χ3n) is 3.84. The van der Waals surface area contributed by atoms with Crippen LogP contribution in [0.4, 0.5) is 5.69 Å². The molecule has 20 heavy (non-hydrogen) atoms. The minimum absolute atomic E-state index is 0.0942. The van der Waals surface area contributed by atoms with Gasteiger partial charge in [0.15, 0.2) is 0 Å². The van der Waals surface area contributed by atoms with Crippen molar-refractivity contribution in [3.05, 3.63) is 36.0 Å². The summed E-state index contributed by atoms with van der Waals surface area (Å²) in [7, 11) is 1.74. The molecule has 1 aromatic heterocycles. The number of ether oxygens (including phenoxy) is 2. The second kappa shape index (κ2) is 5.77. The minimum atomic E-state index is 0.0942. The van der Waals surface area contributed by atoms with Crippen LogP contribution in [0.25, 0.3) is 10.9 Å². The molecule has 2 atom stereocenters. The third-order valence-corrected chi connectivity index (χ3v) is 3.84. The Morgan fingerprint density at radius 3 is 3.10 bits per heavy atom. The second-order valence-corrected chi connectivity index (χ2v) is 5.27. The van der Waals surface area contributed by atoms with Crippen molar-refractivity contribution < 1.29 is 9.47 Å². The van der Waals surface area contributed by atoms with Crippen molar-refractivity contribution >= 4 is 16.6 Å². The van der Waals surface area contributed by atoms with Crippen LogP contribution < -0.4 is 5.32 Å². The van der Waals surface area contributed by atoms with E-state index >= 15 is 0 Å². The Morgan fingerprint density at radius 1 is 1.35 bits per heavy atom. The molecule has 1 aliphatic heterocycles. The molecule has 1 saturated heterocycles. The van der Waals surface area contributed by atoms with Crippen molar-refractivity contribution in [3.8, 4) is 0 Å². The lowest BCUT2D eigenvalue weighted by Gasteiger charge is -2.32. The standard InChI is InChI=1S/C16H20N2O2/c1-11-3-4-13-12(9-11)14(5-7-17-13)18-15-6-8-20-10-16(15)19-2/h3-5,7,9,15-16H,6,8,10H2,1-2H3,(H,17,18)/t15-,16-/m1/s1. The molecule has 4 nitrogen and oxygen atoms in total. The van der Waals surface area contributed by atoms with E-state index in [9.17, 15) is 0 Å². The van der Waals surface area contributed by atoms with E-state index in [1.807, 2.05) is 12.3 Å². The molecule has 1 aromatic carbocycles. The molecule has 0 spiro atoms. The summed E-state index contributed by atoms with van der Waals surface area (Å²) in [6, 6.07) is 8.63. The number of rotatable bonds is 3. The number of nitrogens with one attached hydrogen (secondary N) is 1. The second-order valence-electron chi connectivity index (χ2n) is 5.27. The fourth-order valence-corrected chi connectivity index (χ4v) is 2.69. The Balaban J connectivity index is 1.91. The predicted molar refractivity (Wildman–Crippen MR) is 80.1 cm³/mol. The van der Waals surface area contributed by atoms with Crippen LogP contribution in [0.2, 0.25) is 0 Å². The van der Waals surface area contributed by atoms with Crippen LogP contribution in [0.15, 0.2) is 30.5 Å². The number of fused-ring (bicyclic) bond motifs is 1. The van der Waals surface area contributed by atoms with Gasteiger partial charge in [-0.2, -0.15) is 0 Å². The van der Waals surface area contributed by atoms with E-state index in [0.29, 0.717) is 6.61 Å². The van der Waals surface area contributed by atoms with Crippen LogP contribution in [0.1, 0.15) is 12.0 Å². The average molecular weight is 272 g/mol. The highest BCUT2D eigenvalue weighted by molar-refractivity contribution is 5.91. The average Bonchev–Trinajstić information content (AvgIpc) is 2.48. The molecular weight excluding hydrogens is 252 g/mol. The molecule has 106 valence electrons. The molecule has 1 fully saturated rings. The number of pyridine rings is 1. The van der Waals surface area contributed by atoms with Crippen LogP contribution in [-0.4, -0.2) is 37.5 Å². The van der Waals surface area contributed by atoms with Crippen molar-refractivity contribution in [2.75, 3.05) is 25.6 Å². The quantitative estimate of drug-likeness (QED) is 0.933. The van der Waals surface area contributed by atoms with Gasteiger partial charge in [0, 0.05) is 31.0 Å². The highest BCUT2D eigenvalue weighted by Gasteiger charge is 2.25. The first kappa shape index (κ1) is 13.3. The maximum atomic E-state index is 5.51. The monoisotopic (exact) mass is 272 g/mol. The maximum Gasteiger partial charge on any atom is 0.101 e. The van der Waals surface area contributed by atoms with Crippen LogP contribution in [0, 0.1) is 6.92 Å². The molecule has 0 aliphatic carbocycles. The molecule has 1 aliphatic rings. The minimum Gasteiger partial charge on any atom is -0.379 e. The number of hydrogen-bond acceptors (Lipinski definition) is 4. The lowest BCUT2D eigenvalue weighted by atomic mass is 10.0. The molecule has 0 unspecified atom stereocenters. The van der Waals surface area contributed by atoms with Gasteiger partial charge in [-0.15, -0.1) is 0 Å². The first-order chi connectivity index (χ1) is 9.78. The van der Waals surface area contributed by atoms with E-state index in [-0.39, 0.29) is 12.1 Å². The Morgan fingerprint density at radius 2 is 2.25 bits per heavy atom. The third kappa shape index (κ3) is 2.62. The maximum absolute atomic E-state index is 5.51. The van der Waals surface area contributed by atoms with Crippen molar-refractivity contribution in [2.24, 2.45) is 0 Å². The predicted octanol–water partition coefficient (Wildman–Crippen LogP) is 2.76. The number of aryl methyl sites for hydroxylation is 1. The van der Waals surface area contributed by atoms with E-state index in [2.05, 4.69) is 35.4 Å². The summed E-state index contributed by atoms with van der Waals surface area (Å²) in [6.45, 7) is 3.53. The van der Waals surface area contributed by atoms with E-state index in [1.165, 1.54) is 5.56 Å². The summed E-state index contributed by atoms with van der Waals surface area (Å²) in [6.07, 6.45) is 2.90. The van der Waals surface area contributed by atoms with Gasteiger partial charge < -0.3 is 14.8 Å². The SMILES string of the molecule is CO[C@@H]1COCC[C@H]1Nc1ccnc2ccc(C)cc12. The fraction of sp³-hybridized carbons (Fsp3) is 0.438. The van der Waals surface area contributed by atoms with E-state index < -0.39 is 0 Å². The number of benzene rings is 1. The van der Waals surface area contributed by atoms with Crippen molar-refractivity contribution in [3.63, 3.8) is 0 Å². The van der Waals surface area contributed by atoms with Crippen LogP contribution >= 0.6 is 0 Å². The summed E-state index contributed by atoms with van der Waals surface area (Å²) < 4.78 is 11.0. The van der Waals surface area contributed by atoms with E-state index in [0.717, 1.165) is 29.6 Å². The summed E-state index contributed by atoms with van der Waals surface area (Å²) in [5.74, 6) is 0. The zero-order chi connectivity index (χ0) is 13.9. The Kier molecular flexibility index (Phi) is 3.85. The zero-order valence-electron chi connectivity index (χ0n) is 11.9. The highest BCUT2D eigenvalue weighted by atomic mass is 16.5. The lowest BCUT2D eigenvalue weighted by Crippen LogP contribution is -2.43. The van der Waals surface area contributed by atoms with Crippen LogP contribution in [0.3, 0.4) is 0 Å². The molecule has 0 radical (unpaired) electrons. The van der Waals surface area contributed by atoms with Crippen LogP contribution in [0.5, 0.6) is 0 Å². The van der Waals surface area contributed by atoms with Crippen molar-refractivity contribution in [2.45, 2.75) is 25.5 Å². The summed E-state index contributed by atoms with van der Waals surface area (Å²) in [4.78, 5) is 4.42. The Bertz CT molecular complexity index is 600. The number of aromatic nitrogens is 1. The topological polar surface area (TPSA) is 43.4 Å². The van der Waals surface area contributed by atoms with Gasteiger partial charge >= 0.3 is 0 Å². The van der Waals surface area contributed by atoms with Crippen molar-refractivity contribution in [1.82, 2.24) is 4.98 Å². The molecule has 2 aromatic rings. The van der Waals surface area contributed by atoms with Crippen LogP contribution in [-0.2, 0) is 9.47 Å². The van der Waals surface area contributed by atoms with Gasteiger partial charge in [0.1, 0.15) is 6.10 Å². The Hall–Kier alpha value is -1.65. The first-order valence-electron chi connectivity index (χ1n) is 7.00. The smallest absolute Gasteiger partial charge is 0.101 e. The molecule has 3 rings (SSSR count). The van der Waals surface area contributed by atoms with Gasteiger partial charge in [-0.25, -0.2) is 0 Å². The Labute approximate surface area is 119 Å². The first-order valence-corrected chi connectivity index (χ1v) is 7.00. The molecule has 1 N–H and O–H groups in total. The zero-order valence-corrected chi connectivity index (χ0v) is 11.9. The van der Waals surface area contributed by atoms with Gasteiger partial charge in [-0.1, -0.05) is 11.6 Å². The normalized spacial score (nSPS) is 22.9. The molecule has 0 amide bonds. The number of nitrogens with zero attached hydrogens (tertiary/aromatic N) is 1. The molecular formula is C16H20N2O2. The van der Waals surface area contributed by atoms with Gasteiger partial charge in [-0.05, 0) is 31.5 Å². The largest absolute Gasteiger partial charge is 0.379 e. The van der Waals surface area contributed by atoms with Gasteiger partial charge in [0.25, 0.3) is 0 Å². The molecule has 2 heterocycles. The van der Waals surface area contributed by atoms with Gasteiger partial charge in [0.2, 0.25) is 0 Å². The van der Waals surface area contributed by atoms with Gasteiger partial charge in [-0.3, -0.25) is 4.98 Å². The fourth-order valence-electron chi connectivity index (χ4n) is 2.69. The number of hydrogen-bond donors (Lipinski definition) is 1.